The molecule has 0 spiro atoms. The van der Waals surface area contributed by atoms with Crippen molar-refractivity contribution in [1.82, 2.24) is 14.7 Å². The van der Waals surface area contributed by atoms with Gasteiger partial charge in [0.1, 0.15) is 0 Å². The molecule has 1 N–H and O–H groups in total. The van der Waals surface area contributed by atoms with E-state index in [1.165, 1.54) is 12.0 Å². The van der Waals surface area contributed by atoms with Gasteiger partial charge in [-0.1, -0.05) is 0 Å². The summed E-state index contributed by atoms with van der Waals surface area (Å²) in [6.45, 7) is 3.05. The number of rotatable bonds is 5. The second kappa shape index (κ2) is 6.00. The largest absolute Gasteiger partial charge is 0.481 e. The van der Waals surface area contributed by atoms with Gasteiger partial charge in [0.15, 0.2) is 0 Å². The van der Waals surface area contributed by atoms with Crippen LogP contribution in [-0.4, -0.2) is 38.8 Å². The van der Waals surface area contributed by atoms with Crippen LogP contribution >= 0.6 is 0 Å². The summed E-state index contributed by atoms with van der Waals surface area (Å²) in [6.07, 6.45) is 7.38. The molecule has 1 atom stereocenters. The molecule has 2 heterocycles. The Morgan fingerprint density at radius 1 is 1.61 bits per heavy atom. The number of aryl methyl sites for hydroxylation is 1. The van der Waals surface area contributed by atoms with Gasteiger partial charge < -0.3 is 5.11 Å². The molecule has 0 aromatic carbocycles. The Morgan fingerprint density at radius 2 is 2.44 bits per heavy atom. The number of hydrogen-bond donors (Lipinski definition) is 1. The summed E-state index contributed by atoms with van der Waals surface area (Å²) in [7, 11) is 1.93. The van der Waals surface area contributed by atoms with Gasteiger partial charge in [-0.05, 0) is 31.7 Å². The van der Waals surface area contributed by atoms with Crippen molar-refractivity contribution in [3.8, 4) is 0 Å². The minimum atomic E-state index is -0.681. The van der Waals surface area contributed by atoms with Crippen LogP contribution in [0.15, 0.2) is 12.4 Å². The molecule has 2 rings (SSSR count). The fourth-order valence-electron chi connectivity index (χ4n) is 2.67. The van der Waals surface area contributed by atoms with E-state index in [4.69, 9.17) is 5.11 Å². The first-order chi connectivity index (χ1) is 8.63. The van der Waals surface area contributed by atoms with E-state index >= 15 is 0 Å². The quantitative estimate of drug-likeness (QED) is 0.861. The fraction of sp³-hybridized carbons (Fsp3) is 0.692. The van der Waals surface area contributed by atoms with E-state index in [-0.39, 0.29) is 0 Å². The van der Waals surface area contributed by atoms with Gasteiger partial charge in [-0.25, -0.2) is 0 Å². The molecule has 1 aliphatic rings. The minimum absolute atomic E-state index is 0.297. The third-order valence-corrected chi connectivity index (χ3v) is 3.53. The van der Waals surface area contributed by atoms with Crippen LogP contribution in [0.1, 0.15) is 31.2 Å². The molecular formula is C13H21N3O2. The minimum Gasteiger partial charge on any atom is -0.481 e. The van der Waals surface area contributed by atoms with Gasteiger partial charge in [-0.3, -0.25) is 14.4 Å². The number of aromatic nitrogens is 2. The van der Waals surface area contributed by atoms with E-state index in [0.29, 0.717) is 12.3 Å². The number of carbonyl (C=O) groups is 1. The first-order valence-electron chi connectivity index (χ1n) is 6.55. The van der Waals surface area contributed by atoms with Crippen molar-refractivity contribution in [2.75, 3.05) is 13.1 Å². The Bertz CT molecular complexity index is 403. The number of aliphatic carboxylic acids is 1. The summed E-state index contributed by atoms with van der Waals surface area (Å²) in [5, 5.41) is 12.9. The second-order valence-electron chi connectivity index (χ2n) is 5.20. The zero-order chi connectivity index (χ0) is 13.0. The van der Waals surface area contributed by atoms with Gasteiger partial charge in [0.05, 0.1) is 6.20 Å². The van der Waals surface area contributed by atoms with Crippen LogP contribution in [0.25, 0.3) is 0 Å². The van der Waals surface area contributed by atoms with Crippen LogP contribution in [0.2, 0.25) is 0 Å². The zero-order valence-corrected chi connectivity index (χ0v) is 10.9. The van der Waals surface area contributed by atoms with Crippen molar-refractivity contribution in [2.24, 2.45) is 13.0 Å². The third-order valence-electron chi connectivity index (χ3n) is 3.53. The highest BCUT2D eigenvalue weighted by atomic mass is 16.4. The molecule has 1 unspecified atom stereocenters. The van der Waals surface area contributed by atoms with E-state index in [1.807, 2.05) is 24.1 Å². The normalized spacial score (nSPS) is 21.1. The molecule has 18 heavy (non-hydrogen) atoms. The molecule has 1 aliphatic heterocycles. The maximum atomic E-state index is 10.6. The number of likely N-dealkylation sites (tertiary alicyclic amines) is 1. The average molecular weight is 251 g/mol. The first kappa shape index (κ1) is 13.1. The summed E-state index contributed by atoms with van der Waals surface area (Å²) in [5.74, 6) is -0.147. The SMILES string of the molecule is Cn1cc(CN2CCCC(CCC(=O)O)C2)cn1. The molecule has 0 saturated carbocycles. The fourth-order valence-corrected chi connectivity index (χ4v) is 2.67. The number of piperidine rings is 1. The highest BCUT2D eigenvalue weighted by Gasteiger charge is 2.20. The first-order valence-corrected chi connectivity index (χ1v) is 6.55. The van der Waals surface area contributed by atoms with Crippen molar-refractivity contribution in [2.45, 2.75) is 32.2 Å². The molecule has 0 radical (unpaired) electrons. The molecule has 100 valence electrons. The van der Waals surface area contributed by atoms with Crippen LogP contribution in [0.3, 0.4) is 0 Å². The molecule has 0 aliphatic carbocycles. The molecule has 1 aromatic rings. The Hall–Kier alpha value is -1.36. The lowest BCUT2D eigenvalue weighted by molar-refractivity contribution is -0.137. The van der Waals surface area contributed by atoms with E-state index < -0.39 is 5.97 Å². The van der Waals surface area contributed by atoms with Crippen LogP contribution in [0.4, 0.5) is 0 Å². The van der Waals surface area contributed by atoms with Crippen molar-refractivity contribution >= 4 is 5.97 Å². The lowest BCUT2D eigenvalue weighted by Crippen LogP contribution is -2.35. The molecule has 0 amide bonds. The van der Waals surface area contributed by atoms with Gasteiger partial charge >= 0.3 is 5.97 Å². The van der Waals surface area contributed by atoms with E-state index in [2.05, 4.69) is 10.00 Å². The Labute approximate surface area is 107 Å². The van der Waals surface area contributed by atoms with Crippen molar-refractivity contribution < 1.29 is 9.90 Å². The molecule has 1 saturated heterocycles. The number of carboxylic acids is 1. The standard InChI is InChI=1S/C13H21N3O2/c1-15-8-12(7-14-15)10-16-6-2-3-11(9-16)4-5-13(17)18/h7-8,11H,2-6,9-10H2,1H3,(H,17,18). The molecular weight excluding hydrogens is 230 g/mol. The predicted octanol–water partition coefficient (Wildman–Crippen LogP) is 1.50. The van der Waals surface area contributed by atoms with Crippen LogP contribution < -0.4 is 0 Å². The van der Waals surface area contributed by atoms with E-state index in [1.54, 1.807) is 0 Å². The molecule has 0 bridgehead atoms. The molecule has 5 heteroatoms. The van der Waals surface area contributed by atoms with Gasteiger partial charge in [0.2, 0.25) is 0 Å². The van der Waals surface area contributed by atoms with Gasteiger partial charge in [0, 0.05) is 38.3 Å². The Balaban J connectivity index is 1.81. The average Bonchev–Trinajstić information content (AvgIpc) is 2.73. The smallest absolute Gasteiger partial charge is 0.303 e. The molecule has 1 aromatic heterocycles. The highest BCUT2D eigenvalue weighted by Crippen LogP contribution is 2.22. The molecule has 1 fully saturated rings. The number of carboxylic acid groups (broad SMARTS) is 1. The highest BCUT2D eigenvalue weighted by molar-refractivity contribution is 5.66. The van der Waals surface area contributed by atoms with Crippen LogP contribution in [0, 0.1) is 5.92 Å². The summed E-state index contributed by atoms with van der Waals surface area (Å²) >= 11 is 0. The van der Waals surface area contributed by atoms with Gasteiger partial charge in [-0.2, -0.15) is 5.10 Å². The topological polar surface area (TPSA) is 58.4 Å². The number of hydrogen-bond acceptors (Lipinski definition) is 3. The maximum absolute atomic E-state index is 10.6. The third kappa shape index (κ3) is 3.84. The maximum Gasteiger partial charge on any atom is 0.303 e. The van der Waals surface area contributed by atoms with Gasteiger partial charge in [-0.15, -0.1) is 0 Å². The Morgan fingerprint density at radius 3 is 3.11 bits per heavy atom. The van der Waals surface area contributed by atoms with Crippen LogP contribution in [0.5, 0.6) is 0 Å². The summed E-state index contributed by atoms with van der Waals surface area (Å²) in [4.78, 5) is 13.0. The van der Waals surface area contributed by atoms with Crippen molar-refractivity contribution in [1.29, 1.82) is 0 Å². The molecule has 5 nitrogen and oxygen atoms in total. The summed E-state index contributed by atoms with van der Waals surface area (Å²) in [5.41, 5.74) is 1.23. The Kier molecular flexibility index (Phi) is 4.36. The summed E-state index contributed by atoms with van der Waals surface area (Å²) < 4.78 is 1.82. The lowest BCUT2D eigenvalue weighted by Gasteiger charge is -2.32. The van der Waals surface area contributed by atoms with Crippen LogP contribution in [-0.2, 0) is 18.4 Å². The summed E-state index contributed by atoms with van der Waals surface area (Å²) in [6, 6.07) is 0. The second-order valence-corrected chi connectivity index (χ2v) is 5.20. The zero-order valence-electron chi connectivity index (χ0n) is 10.9. The van der Waals surface area contributed by atoms with E-state index in [9.17, 15) is 4.79 Å². The van der Waals surface area contributed by atoms with Crippen molar-refractivity contribution in [3.05, 3.63) is 18.0 Å². The van der Waals surface area contributed by atoms with Gasteiger partial charge in [0.25, 0.3) is 0 Å². The monoisotopic (exact) mass is 251 g/mol. The predicted molar refractivity (Wildman–Crippen MR) is 68.1 cm³/mol. The van der Waals surface area contributed by atoms with E-state index in [0.717, 1.165) is 32.5 Å². The lowest BCUT2D eigenvalue weighted by atomic mass is 9.93. The van der Waals surface area contributed by atoms with Crippen molar-refractivity contribution in [3.63, 3.8) is 0 Å². The number of nitrogens with zero attached hydrogens (tertiary/aromatic N) is 3.